The highest BCUT2D eigenvalue weighted by Gasteiger charge is 2.26. The smallest absolute Gasteiger partial charge is 0.179 e. The zero-order valence-corrected chi connectivity index (χ0v) is 79.8. The number of azo groups is 1. The zero-order chi connectivity index (χ0) is 89.8. The maximum Gasteiger partial charge on any atom is 0.179 e. The molecule has 654 valence electrons. The molecule has 0 bridgehead atoms. The second kappa shape index (κ2) is 46.5. The summed E-state index contributed by atoms with van der Waals surface area (Å²) >= 11 is 0. The van der Waals surface area contributed by atoms with Gasteiger partial charge in [-0.15, -0.1) is 10.2 Å². The van der Waals surface area contributed by atoms with Crippen LogP contribution in [0.5, 0.6) is 0 Å². The third kappa shape index (κ3) is 45.6. The molecule has 0 radical (unpaired) electrons. The van der Waals surface area contributed by atoms with Gasteiger partial charge in [-0.3, -0.25) is 24.8 Å². The van der Waals surface area contributed by atoms with Gasteiger partial charge in [0.15, 0.2) is 5.82 Å². The lowest BCUT2D eigenvalue weighted by atomic mass is 9.87. The van der Waals surface area contributed by atoms with Crippen LogP contribution in [-0.4, -0.2) is 163 Å². The number of aliphatic imine (C=N–C) groups is 4. The van der Waals surface area contributed by atoms with E-state index in [1.165, 1.54) is 17.0 Å². The molecule has 28 nitrogen and oxygen atoms in total. The maximum absolute atomic E-state index is 4.31. The highest BCUT2D eigenvalue weighted by Crippen LogP contribution is 2.29. The summed E-state index contributed by atoms with van der Waals surface area (Å²) in [4.78, 5) is 49.0. The van der Waals surface area contributed by atoms with Gasteiger partial charge in [0.25, 0.3) is 0 Å². The summed E-state index contributed by atoms with van der Waals surface area (Å²) in [6, 6.07) is 6.59. The number of rotatable bonds is 0. The number of aromatic nitrogens is 20. The van der Waals surface area contributed by atoms with Crippen molar-refractivity contribution in [3.05, 3.63) is 164 Å². The van der Waals surface area contributed by atoms with Crippen LogP contribution in [0.25, 0.3) is 0 Å². The van der Waals surface area contributed by atoms with Crippen LogP contribution in [0, 0.1) is 21.7 Å². The summed E-state index contributed by atoms with van der Waals surface area (Å²) in [6.07, 6.45) is 35.0. The molecule has 9 aromatic rings. The lowest BCUT2D eigenvalue weighted by Gasteiger charge is -2.25. The van der Waals surface area contributed by atoms with Crippen LogP contribution >= 0.6 is 0 Å². The van der Waals surface area contributed by atoms with Gasteiger partial charge >= 0.3 is 0 Å². The summed E-state index contributed by atoms with van der Waals surface area (Å²) in [5, 5.41) is 42.7. The van der Waals surface area contributed by atoms with Crippen LogP contribution in [0.4, 0.5) is 0 Å². The van der Waals surface area contributed by atoms with Crippen LogP contribution in [0.15, 0.2) is 160 Å². The predicted octanol–water partition coefficient (Wildman–Crippen LogP) is 19.9. The van der Waals surface area contributed by atoms with Crippen molar-refractivity contribution in [1.82, 2.24) is 110 Å². The number of imidazole rings is 4. The van der Waals surface area contributed by atoms with Crippen molar-refractivity contribution >= 4 is 24.2 Å². The van der Waals surface area contributed by atoms with Gasteiger partial charge in [-0.1, -0.05) is 213 Å². The van der Waals surface area contributed by atoms with Gasteiger partial charge in [0.05, 0.1) is 68.0 Å². The Morgan fingerprint density at radius 2 is 1.09 bits per heavy atom. The fourth-order valence-corrected chi connectivity index (χ4v) is 9.08. The van der Waals surface area contributed by atoms with Crippen LogP contribution in [0.3, 0.4) is 0 Å². The Morgan fingerprint density at radius 3 is 1.30 bits per heavy atom. The number of nitrogens with zero attached hydrogens (tertiary/aromatic N) is 20. The molecule has 0 amide bonds. The van der Waals surface area contributed by atoms with Crippen molar-refractivity contribution in [1.29, 1.82) is 0 Å². The van der Waals surface area contributed by atoms with Gasteiger partial charge in [-0.25, -0.2) is 34.6 Å². The van der Waals surface area contributed by atoms with Gasteiger partial charge in [0.1, 0.15) is 36.0 Å². The second-order valence-corrected chi connectivity index (χ2v) is 41.9. The lowest BCUT2D eigenvalue weighted by molar-refractivity contribution is 0.315. The molecule has 9 aromatic heterocycles. The van der Waals surface area contributed by atoms with E-state index in [2.05, 4.69) is 393 Å². The van der Waals surface area contributed by atoms with E-state index in [0.717, 1.165) is 67.6 Å². The first kappa shape index (κ1) is 105. The van der Waals surface area contributed by atoms with Crippen LogP contribution in [-0.2, 0) is 49.1 Å². The third-order valence-electron chi connectivity index (χ3n) is 16.7. The van der Waals surface area contributed by atoms with E-state index in [4.69, 9.17) is 0 Å². The van der Waals surface area contributed by atoms with Gasteiger partial charge in [-0.2, -0.15) is 30.7 Å². The Morgan fingerprint density at radius 1 is 0.496 bits per heavy atom. The molecule has 117 heavy (non-hydrogen) atoms. The van der Waals surface area contributed by atoms with Crippen molar-refractivity contribution in [3.63, 3.8) is 0 Å². The number of tetrazole rings is 1. The molecule has 8 N–H and O–H groups in total. The van der Waals surface area contributed by atoms with E-state index < -0.39 is 0 Å². The van der Waals surface area contributed by atoms with Crippen molar-refractivity contribution in [2.24, 2.45) is 51.9 Å². The average Bonchev–Trinajstić information content (AvgIpc) is 1.92. The van der Waals surface area contributed by atoms with Crippen molar-refractivity contribution in [3.8, 4) is 0 Å². The summed E-state index contributed by atoms with van der Waals surface area (Å²) in [5.41, 5.74) is 7.11. The molecule has 13 rings (SSSR count). The van der Waals surface area contributed by atoms with Crippen molar-refractivity contribution in [2.75, 3.05) is 32.7 Å². The quantitative estimate of drug-likeness (QED) is 0.0701. The molecule has 0 aromatic carbocycles. The normalized spacial score (nSPS) is 14.6. The second-order valence-electron chi connectivity index (χ2n) is 41.9. The summed E-state index contributed by atoms with van der Waals surface area (Å²) in [7, 11) is 0. The summed E-state index contributed by atoms with van der Waals surface area (Å²) in [6.45, 7) is 87.9. The maximum atomic E-state index is 4.31. The number of aromatic amines is 6. The first-order valence-electron chi connectivity index (χ1n) is 40.7. The fourth-order valence-electron chi connectivity index (χ4n) is 9.08. The third-order valence-corrected chi connectivity index (χ3v) is 16.7. The van der Waals surface area contributed by atoms with E-state index in [0.29, 0.717) is 16.9 Å². The molecule has 0 saturated heterocycles. The number of amidine groups is 2. The molecule has 0 aliphatic carbocycles. The zero-order valence-electron chi connectivity index (χ0n) is 79.8. The van der Waals surface area contributed by atoms with Crippen molar-refractivity contribution < 1.29 is 0 Å². The first-order chi connectivity index (χ1) is 53.4. The number of nitrogens with one attached hydrogen (secondary N) is 8. The van der Waals surface area contributed by atoms with E-state index in [9.17, 15) is 0 Å². The molecule has 28 heteroatoms. The van der Waals surface area contributed by atoms with Gasteiger partial charge in [0, 0.05) is 147 Å². The topological polar surface area (TPSA) is 350 Å². The summed E-state index contributed by atoms with van der Waals surface area (Å²) in [5.74, 6) is 4.97. The molecule has 13 heterocycles. The van der Waals surface area contributed by atoms with E-state index in [1.54, 1.807) is 56.3 Å². The number of hydrogen-bond donors (Lipinski definition) is 8. The molecule has 0 saturated carbocycles. The summed E-state index contributed by atoms with van der Waals surface area (Å²) < 4.78 is 5.84. The van der Waals surface area contributed by atoms with Gasteiger partial charge < -0.3 is 35.1 Å². The predicted molar refractivity (Wildman–Crippen MR) is 488 cm³/mol. The van der Waals surface area contributed by atoms with Gasteiger partial charge in [-0.05, 0) is 103 Å². The molecule has 0 spiro atoms. The first-order valence-corrected chi connectivity index (χ1v) is 40.7. The number of hydrogen-bond acceptors (Lipinski definition) is 19. The highest BCUT2D eigenvalue weighted by molar-refractivity contribution is 5.97. The minimum absolute atomic E-state index is 0.00694. The van der Waals surface area contributed by atoms with E-state index in [1.807, 2.05) is 98.2 Å². The Kier molecular flexibility index (Phi) is 41.9. The molecule has 0 fully saturated rings. The standard InChI is InChI=1S/C8H13N.C7H14N2.2C7H12N2.C7H14N2.6C7H12N2.C6H11N3.C5H10N4/c1-8(2,3)7-4-5-9-6-7;2*1-7(2,3)6-4-8-5-9-6;1-7(2,3)9-5-4-8-6-9;4*1-7(2,3)6-8-4-5-9-6;1-7(2,3)9-6-4-5-8-9;2*1-7(2,3)6-4-5-8-9-6;1-6(2,3)9-5-7-4-8-9;1-5(2,3)4-6-8-9-7-4/h4-6,9H,1-3H3;5-6H,4H2,1-3H3,(H,8,9);4-5H,1-3H3,(H,8,9);4-6H,1-3H3;4-5H2,1-3H3,(H,8,9);4H,5H2,1-3H3;2*4-5H,1-3H3,(H,8,9);4-6H,1-3H3;4H,5H2,1-3H3;4-5H,1-3H3,(H,8,9);4-5H,1-3H3;1-3H3,(H,6,7,8,9). The van der Waals surface area contributed by atoms with Crippen LogP contribution in [0.2, 0.25) is 0 Å². The Balaban J connectivity index is 0.000000634. The Labute approximate surface area is 704 Å². The lowest BCUT2D eigenvalue weighted by Crippen LogP contribution is -2.37. The van der Waals surface area contributed by atoms with E-state index >= 15 is 0 Å². The molecule has 1 atom stereocenters. The van der Waals surface area contributed by atoms with Crippen LogP contribution < -0.4 is 10.6 Å². The highest BCUT2D eigenvalue weighted by atomic mass is 15.5. The monoisotopic (exact) mass is 1620 g/mol. The molecule has 4 aliphatic heterocycles. The molecular formula is C89H158N28. The van der Waals surface area contributed by atoms with E-state index in [-0.39, 0.29) is 59.9 Å². The number of H-pyrrole nitrogens is 6. The minimum Gasteiger partial charge on any atom is -0.372 e. The number of allylic oxidation sites excluding steroid dienone is 1. The molecular weight excluding hydrogens is 1460 g/mol. The molecule has 1 unspecified atom stereocenters. The van der Waals surface area contributed by atoms with Gasteiger partial charge in [0.2, 0.25) is 0 Å². The average molecular weight is 1620 g/mol. The van der Waals surface area contributed by atoms with Crippen LogP contribution in [0.1, 0.15) is 304 Å². The fraction of sp³-hybridized carbons (Fsp3) is 0.652. The Hall–Kier alpha value is -9.63. The molecule has 4 aliphatic rings. The van der Waals surface area contributed by atoms with Crippen molar-refractivity contribution in [2.45, 2.75) is 325 Å². The largest absolute Gasteiger partial charge is 0.372 e. The SMILES string of the molecule is CC(C)(C)C1=CCN=N1.CC(C)(C)C1=NCC=N1.CC(C)(C)C1=NCCN1.CC(C)(C)C1CN=CN1.CC(C)(C)c1cc[nH]c1.CC(C)(C)c1ccn[nH]1.CC(C)(C)c1cnc[nH]1.CC(C)(C)c1ncc[nH]1.CC(C)(C)c1ncc[nH]1.CC(C)(C)c1nn[nH]n1.CC(C)(C)n1cccn1.CC(C)(C)n1ccnc1.CC(C)(C)n1cncn1. The minimum atomic E-state index is 0.00694. The Bertz CT molecular complexity index is 3430.